The summed E-state index contributed by atoms with van der Waals surface area (Å²) < 4.78 is 2.11. The van der Waals surface area contributed by atoms with Gasteiger partial charge < -0.3 is 25.4 Å². The van der Waals surface area contributed by atoms with E-state index in [0.29, 0.717) is 22.4 Å². The largest absolute Gasteiger partial charge is 0.397 e. The summed E-state index contributed by atoms with van der Waals surface area (Å²) in [5, 5.41) is 4.89. The molecule has 0 aliphatic heterocycles. The van der Waals surface area contributed by atoms with Gasteiger partial charge in [0.15, 0.2) is 0 Å². The molecule has 8 heteroatoms. The summed E-state index contributed by atoms with van der Waals surface area (Å²) in [6.07, 6.45) is 3.69. The van der Waals surface area contributed by atoms with Crippen molar-refractivity contribution in [3.05, 3.63) is 59.4 Å². The van der Waals surface area contributed by atoms with E-state index in [9.17, 15) is 0 Å². The molecule has 2 aromatic carbocycles. The third-order valence-electron chi connectivity index (χ3n) is 5.78. The number of nitrogens with one attached hydrogen (secondary N) is 1. The molecule has 172 valence electrons. The third-order valence-corrected chi connectivity index (χ3v) is 6.06. The molecular formula is C25H30ClN7. The lowest BCUT2D eigenvalue weighted by Gasteiger charge is -2.23. The Morgan fingerprint density at radius 3 is 2.64 bits per heavy atom. The van der Waals surface area contributed by atoms with Crippen molar-refractivity contribution in [3.63, 3.8) is 0 Å². The highest BCUT2D eigenvalue weighted by Gasteiger charge is 2.16. The van der Waals surface area contributed by atoms with Crippen LogP contribution >= 0.6 is 11.6 Å². The monoisotopic (exact) mass is 463 g/mol. The number of hydrogen-bond acceptors (Lipinski definition) is 6. The molecule has 0 radical (unpaired) electrons. The van der Waals surface area contributed by atoms with Gasteiger partial charge >= 0.3 is 0 Å². The molecule has 2 aromatic heterocycles. The van der Waals surface area contributed by atoms with Gasteiger partial charge in [-0.15, -0.1) is 0 Å². The number of anilines is 4. The molecule has 4 rings (SSSR count). The highest BCUT2D eigenvalue weighted by Crippen LogP contribution is 2.35. The van der Waals surface area contributed by atoms with E-state index in [0.717, 1.165) is 35.4 Å². The first-order valence-corrected chi connectivity index (χ1v) is 11.2. The Hall–Kier alpha value is -3.29. The van der Waals surface area contributed by atoms with Crippen molar-refractivity contribution in [3.8, 4) is 11.3 Å². The Morgan fingerprint density at radius 1 is 1.12 bits per heavy atom. The van der Waals surface area contributed by atoms with Crippen LogP contribution in [0.3, 0.4) is 0 Å². The number of nitrogen functional groups attached to an aromatic ring is 1. The zero-order chi connectivity index (χ0) is 23.7. The molecule has 7 nitrogen and oxygen atoms in total. The lowest BCUT2D eigenvalue weighted by atomic mass is 10.1. The molecule has 0 aliphatic rings. The van der Waals surface area contributed by atoms with Gasteiger partial charge in [0, 0.05) is 50.0 Å². The second-order valence-corrected chi connectivity index (χ2v) is 9.05. The zero-order valence-corrected chi connectivity index (χ0v) is 20.5. The van der Waals surface area contributed by atoms with Crippen LogP contribution in [0.25, 0.3) is 22.2 Å². The fraction of sp³-hybridized carbons (Fsp3) is 0.280. The first-order chi connectivity index (χ1) is 15.7. The number of aromatic nitrogens is 3. The number of rotatable bonds is 7. The summed E-state index contributed by atoms with van der Waals surface area (Å²) in [5.74, 6) is 0.465. The van der Waals surface area contributed by atoms with E-state index in [-0.39, 0.29) is 0 Å². The van der Waals surface area contributed by atoms with Crippen LogP contribution in [0.5, 0.6) is 0 Å². The van der Waals surface area contributed by atoms with Gasteiger partial charge in [0.05, 0.1) is 33.8 Å². The van der Waals surface area contributed by atoms with E-state index < -0.39 is 0 Å². The summed E-state index contributed by atoms with van der Waals surface area (Å²) in [7, 11) is 8.20. The summed E-state index contributed by atoms with van der Waals surface area (Å²) >= 11 is 6.52. The third kappa shape index (κ3) is 4.74. The molecule has 4 aromatic rings. The smallest absolute Gasteiger partial charge is 0.227 e. The number of nitrogens with zero attached hydrogens (tertiary/aromatic N) is 5. The van der Waals surface area contributed by atoms with Crippen LogP contribution in [0.15, 0.2) is 48.8 Å². The summed E-state index contributed by atoms with van der Waals surface area (Å²) in [6, 6.07) is 12.1. The molecule has 3 N–H and O–H groups in total. The first-order valence-electron chi connectivity index (χ1n) is 10.8. The number of benzene rings is 2. The predicted molar refractivity (Wildman–Crippen MR) is 140 cm³/mol. The van der Waals surface area contributed by atoms with E-state index in [1.54, 1.807) is 6.20 Å². The van der Waals surface area contributed by atoms with Crippen molar-refractivity contribution in [1.29, 1.82) is 0 Å². The number of nitrogens with two attached hydrogens (primary N) is 1. The van der Waals surface area contributed by atoms with Gasteiger partial charge in [-0.3, -0.25) is 0 Å². The number of halogens is 1. The van der Waals surface area contributed by atoms with Gasteiger partial charge in [-0.2, -0.15) is 0 Å². The number of aryl methyl sites for hydroxylation is 2. The molecule has 0 saturated heterocycles. The number of fused-ring (bicyclic) bond motifs is 1. The zero-order valence-electron chi connectivity index (χ0n) is 19.7. The Kier molecular flexibility index (Phi) is 6.44. The fourth-order valence-corrected chi connectivity index (χ4v) is 4.25. The SMILES string of the molecule is Cc1cccc2c(-c3nc(Nc4ccc(N(C)CCN(C)C)c(N)c4)ncc3Cl)cn(C)c12. The van der Waals surface area contributed by atoms with Crippen LogP contribution in [0.1, 0.15) is 5.56 Å². The predicted octanol–water partition coefficient (Wildman–Crippen LogP) is 4.92. The molecule has 0 unspecified atom stereocenters. The molecule has 33 heavy (non-hydrogen) atoms. The molecule has 0 spiro atoms. The van der Waals surface area contributed by atoms with Crippen LogP contribution in [-0.4, -0.2) is 53.7 Å². The highest BCUT2D eigenvalue weighted by molar-refractivity contribution is 6.33. The maximum atomic E-state index is 6.52. The summed E-state index contributed by atoms with van der Waals surface area (Å²) in [4.78, 5) is 13.4. The Bertz CT molecular complexity index is 1300. The Balaban J connectivity index is 1.62. The van der Waals surface area contributed by atoms with Crippen LogP contribution < -0.4 is 16.0 Å². The standard InChI is InChI=1S/C25H30ClN7/c1-16-7-6-8-18-19(15-33(5)24(16)18)23-20(26)14-28-25(30-23)29-17-9-10-22(21(27)13-17)32(4)12-11-31(2)3/h6-10,13-15H,11-12,27H2,1-5H3,(H,28,29,30). The number of para-hydroxylation sites is 1. The van der Waals surface area contributed by atoms with Crippen molar-refractivity contribution < 1.29 is 0 Å². The minimum Gasteiger partial charge on any atom is -0.397 e. The number of hydrogen-bond donors (Lipinski definition) is 2. The fourth-order valence-electron chi connectivity index (χ4n) is 4.06. The van der Waals surface area contributed by atoms with Crippen LogP contribution in [-0.2, 0) is 7.05 Å². The molecular weight excluding hydrogens is 434 g/mol. The van der Waals surface area contributed by atoms with Gasteiger partial charge in [0.1, 0.15) is 0 Å². The quantitative estimate of drug-likeness (QED) is 0.379. The van der Waals surface area contributed by atoms with Gasteiger partial charge in [0.2, 0.25) is 5.95 Å². The maximum Gasteiger partial charge on any atom is 0.227 e. The molecule has 0 atom stereocenters. The first kappa shape index (κ1) is 22.9. The average molecular weight is 464 g/mol. The van der Waals surface area contributed by atoms with Crippen LogP contribution in [0, 0.1) is 6.92 Å². The molecule has 0 amide bonds. The summed E-state index contributed by atoms with van der Waals surface area (Å²) in [6.45, 7) is 3.94. The van der Waals surface area contributed by atoms with E-state index in [1.165, 1.54) is 11.1 Å². The average Bonchev–Trinajstić information content (AvgIpc) is 3.11. The molecule has 0 bridgehead atoms. The van der Waals surface area contributed by atoms with Crippen molar-refractivity contribution in [2.45, 2.75) is 6.92 Å². The highest BCUT2D eigenvalue weighted by atomic mass is 35.5. The van der Waals surface area contributed by atoms with Crippen molar-refractivity contribution in [1.82, 2.24) is 19.4 Å². The lowest BCUT2D eigenvalue weighted by Crippen LogP contribution is -2.28. The van der Waals surface area contributed by atoms with Crippen molar-refractivity contribution in [2.24, 2.45) is 7.05 Å². The minimum absolute atomic E-state index is 0.465. The van der Waals surface area contributed by atoms with Gasteiger partial charge in [-0.05, 0) is 44.8 Å². The topological polar surface area (TPSA) is 75.2 Å². The van der Waals surface area contributed by atoms with Gasteiger partial charge in [0.25, 0.3) is 0 Å². The maximum absolute atomic E-state index is 6.52. The second kappa shape index (κ2) is 9.29. The van der Waals surface area contributed by atoms with Crippen LogP contribution in [0.4, 0.5) is 23.0 Å². The minimum atomic E-state index is 0.465. The van der Waals surface area contributed by atoms with E-state index >= 15 is 0 Å². The summed E-state index contributed by atoms with van der Waals surface area (Å²) in [5.41, 5.74) is 12.9. The lowest BCUT2D eigenvalue weighted by molar-refractivity contribution is 0.416. The normalized spacial score (nSPS) is 11.4. The molecule has 0 aliphatic carbocycles. The second-order valence-electron chi connectivity index (χ2n) is 8.64. The van der Waals surface area contributed by atoms with Crippen molar-refractivity contribution in [2.75, 3.05) is 50.2 Å². The van der Waals surface area contributed by atoms with Gasteiger partial charge in [-0.1, -0.05) is 29.8 Å². The Labute approximate surface area is 199 Å². The van der Waals surface area contributed by atoms with E-state index in [4.69, 9.17) is 22.3 Å². The molecule has 0 fully saturated rings. The van der Waals surface area contributed by atoms with Gasteiger partial charge in [-0.25, -0.2) is 9.97 Å². The molecule has 0 saturated carbocycles. The Morgan fingerprint density at radius 2 is 1.91 bits per heavy atom. The van der Waals surface area contributed by atoms with E-state index in [1.807, 2.05) is 32.3 Å². The number of likely N-dealkylation sites (N-methyl/N-ethyl adjacent to an activating group) is 2. The van der Waals surface area contributed by atoms with Crippen LogP contribution in [0.2, 0.25) is 5.02 Å². The van der Waals surface area contributed by atoms with Crippen molar-refractivity contribution >= 4 is 45.5 Å². The molecule has 2 heterocycles. The van der Waals surface area contributed by atoms with E-state index in [2.05, 4.69) is 70.1 Å².